The van der Waals surface area contributed by atoms with Crippen LogP contribution in [0.5, 0.6) is 0 Å². The van der Waals surface area contributed by atoms with Gasteiger partial charge in [0.25, 0.3) is 0 Å². The second-order valence-electron chi connectivity index (χ2n) is 3.77. The minimum atomic E-state index is 0.935. The fourth-order valence-electron chi connectivity index (χ4n) is 1.47. The van der Waals surface area contributed by atoms with E-state index in [0.717, 1.165) is 25.3 Å². The Bertz CT molecular complexity index is 273. The first kappa shape index (κ1) is 11.6. The average molecular weight is 209 g/mol. The van der Waals surface area contributed by atoms with Gasteiger partial charge < -0.3 is 4.90 Å². The Kier molecular flexibility index (Phi) is 5.05. The molecule has 0 saturated heterocycles. The predicted octanol–water partition coefficient (Wildman–Crippen LogP) is 2.40. The Labute approximate surface area is 92.5 Å². The van der Waals surface area contributed by atoms with E-state index in [1.54, 1.807) is 0 Å². The molecule has 0 fully saturated rings. The Hall–Kier alpha value is -0.470. The number of aryl methyl sites for hydroxylation is 1. The number of nitrogens with zero attached hydrogens (tertiary/aromatic N) is 1. The highest BCUT2D eigenvalue weighted by atomic mass is 32.1. The van der Waals surface area contributed by atoms with E-state index in [1.807, 2.05) is 0 Å². The van der Waals surface area contributed by atoms with E-state index in [2.05, 4.69) is 55.8 Å². The number of benzene rings is 1. The van der Waals surface area contributed by atoms with Crippen LogP contribution in [0.15, 0.2) is 24.3 Å². The molecule has 0 unspecified atom stereocenters. The van der Waals surface area contributed by atoms with Crippen LogP contribution in [0.1, 0.15) is 11.1 Å². The van der Waals surface area contributed by atoms with Crippen LogP contribution in [-0.2, 0) is 6.42 Å². The first-order chi connectivity index (χ1) is 6.72. The highest BCUT2D eigenvalue weighted by Crippen LogP contribution is 2.05. The largest absolute Gasteiger partial charge is 0.305 e. The molecule has 78 valence electrons. The van der Waals surface area contributed by atoms with Crippen LogP contribution in [-0.4, -0.2) is 30.8 Å². The summed E-state index contributed by atoms with van der Waals surface area (Å²) in [5.41, 5.74) is 2.77. The summed E-state index contributed by atoms with van der Waals surface area (Å²) in [4.78, 5) is 2.31. The van der Waals surface area contributed by atoms with Crippen molar-refractivity contribution in [2.24, 2.45) is 0 Å². The predicted molar refractivity (Wildman–Crippen MR) is 66.2 cm³/mol. The van der Waals surface area contributed by atoms with Crippen molar-refractivity contribution in [1.29, 1.82) is 0 Å². The molecule has 0 N–H and O–H groups in total. The van der Waals surface area contributed by atoms with Crippen LogP contribution in [0, 0.1) is 6.92 Å². The second kappa shape index (κ2) is 6.10. The van der Waals surface area contributed by atoms with Gasteiger partial charge in [0.05, 0.1) is 0 Å². The Morgan fingerprint density at radius 1 is 1.29 bits per heavy atom. The van der Waals surface area contributed by atoms with Crippen LogP contribution in [0.25, 0.3) is 0 Å². The number of thiol groups is 1. The highest BCUT2D eigenvalue weighted by molar-refractivity contribution is 7.80. The maximum atomic E-state index is 4.21. The summed E-state index contributed by atoms with van der Waals surface area (Å²) < 4.78 is 0. The van der Waals surface area contributed by atoms with Crippen molar-refractivity contribution >= 4 is 12.6 Å². The van der Waals surface area contributed by atoms with Crippen LogP contribution in [0.2, 0.25) is 0 Å². The molecule has 1 rings (SSSR count). The summed E-state index contributed by atoms with van der Waals surface area (Å²) in [5, 5.41) is 0. The molecule has 0 spiro atoms. The maximum absolute atomic E-state index is 4.21. The zero-order valence-electron chi connectivity index (χ0n) is 9.03. The lowest BCUT2D eigenvalue weighted by Crippen LogP contribution is -2.23. The third-order valence-corrected chi connectivity index (χ3v) is 2.55. The fourth-order valence-corrected chi connectivity index (χ4v) is 1.81. The summed E-state index contributed by atoms with van der Waals surface area (Å²) in [5.74, 6) is 0.935. The molecule has 2 heteroatoms. The van der Waals surface area contributed by atoms with Gasteiger partial charge in [0.1, 0.15) is 0 Å². The Morgan fingerprint density at radius 3 is 2.71 bits per heavy atom. The summed E-state index contributed by atoms with van der Waals surface area (Å²) in [6.45, 7) is 4.32. The zero-order valence-corrected chi connectivity index (χ0v) is 9.93. The lowest BCUT2D eigenvalue weighted by atomic mass is 10.1. The molecule has 0 aliphatic rings. The average Bonchev–Trinajstić information content (AvgIpc) is 2.15. The van der Waals surface area contributed by atoms with Gasteiger partial charge in [-0.2, -0.15) is 12.6 Å². The number of hydrogen-bond acceptors (Lipinski definition) is 2. The highest BCUT2D eigenvalue weighted by Gasteiger charge is 1.98. The second-order valence-corrected chi connectivity index (χ2v) is 4.21. The summed E-state index contributed by atoms with van der Waals surface area (Å²) >= 11 is 4.21. The van der Waals surface area contributed by atoms with Gasteiger partial charge in [-0.1, -0.05) is 29.8 Å². The van der Waals surface area contributed by atoms with Crippen molar-refractivity contribution in [2.45, 2.75) is 13.3 Å². The summed E-state index contributed by atoms with van der Waals surface area (Å²) in [7, 11) is 2.14. The SMILES string of the molecule is Cc1cccc(CCN(C)CCS)c1. The molecular formula is C12H19NS. The molecule has 14 heavy (non-hydrogen) atoms. The first-order valence-electron chi connectivity index (χ1n) is 5.07. The lowest BCUT2D eigenvalue weighted by Gasteiger charge is -2.14. The molecule has 0 radical (unpaired) electrons. The molecule has 0 bridgehead atoms. The van der Waals surface area contributed by atoms with E-state index in [1.165, 1.54) is 11.1 Å². The molecule has 1 nitrogen and oxygen atoms in total. The van der Waals surface area contributed by atoms with Crippen molar-refractivity contribution in [3.8, 4) is 0 Å². The van der Waals surface area contributed by atoms with E-state index >= 15 is 0 Å². The van der Waals surface area contributed by atoms with Crippen molar-refractivity contribution < 1.29 is 0 Å². The number of rotatable bonds is 5. The zero-order chi connectivity index (χ0) is 10.4. The molecular weight excluding hydrogens is 190 g/mol. The fraction of sp³-hybridized carbons (Fsp3) is 0.500. The van der Waals surface area contributed by atoms with E-state index in [9.17, 15) is 0 Å². The van der Waals surface area contributed by atoms with Gasteiger partial charge in [-0.15, -0.1) is 0 Å². The van der Waals surface area contributed by atoms with E-state index in [4.69, 9.17) is 0 Å². The molecule has 0 aromatic heterocycles. The van der Waals surface area contributed by atoms with Gasteiger partial charge in [-0.25, -0.2) is 0 Å². The lowest BCUT2D eigenvalue weighted by molar-refractivity contribution is 0.361. The molecule has 0 aliphatic carbocycles. The van der Waals surface area contributed by atoms with Crippen molar-refractivity contribution in [3.63, 3.8) is 0 Å². The van der Waals surface area contributed by atoms with Crippen LogP contribution in [0.3, 0.4) is 0 Å². The molecule has 0 amide bonds. The van der Waals surface area contributed by atoms with Gasteiger partial charge in [-0.3, -0.25) is 0 Å². The first-order valence-corrected chi connectivity index (χ1v) is 5.70. The third-order valence-electron chi connectivity index (χ3n) is 2.35. The van der Waals surface area contributed by atoms with Gasteiger partial charge in [0.15, 0.2) is 0 Å². The van der Waals surface area contributed by atoms with Gasteiger partial charge in [0, 0.05) is 18.8 Å². The molecule has 0 heterocycles. The minimum Gasteiger partial charge on any atom is -0.305 e. The molecule has 1 aromatic rings. The van der Waals surface area contributed by atoms with Crippen molar-refractivity contribution in [3.05, 3.63) is 35.4 Å². The normalized spacial score (nSPS) is 10.9. The third kappa shape index (κ3) is 4.16. The molecule has 0 aliphatic heterocycles. The summed E-state index contributed by atoms with van der Waals surface area (Å²) in [6, 6.07) is 8.72. The van der Waals surface area contributed by atoms with Gasteiger partial charge in [-0.05, 0) is 26.0 Å². The topological polar surface area (TPSA) is 3.24 Å². The summed E-state index contributed by atoms with van der Waals surface area (Å²) in [6.07, 6.45) is 1.13. The molecule has 1 aromatic carbocycles. The quantitative estimate of drug-likeness (QED) is 0.729. The Morgan fingerprint density at radius 2 is 2.07 bits per heavy atom. The van der Waals surface area contributed by atoms with Gasteiger partial charge in [0.2, 0.25) is 0 Å². The number of likely N-dealkylation sites (N-methyl/N-ethyl adjacent to an activating group) is 1. The Balaban J connectivity index is 2.37. The smallest absolute Gasteiger partial charge is 0.00669 e. The number of hydrogen-bond donors (Lipinski definition) is 1. The van der Waals surface area contributed by atoms with Crippen LogP contribution in [0.4, 0.5) is 0 Å². The van der Waals surface area contributed by atoms with Crippen LogP contribution < -0.4 is 0 Å². The van der Waals surface area contributed by atoms with E-state index in [0.29, 0.717) is 0 Å². The van der Waals surface area contributed by atoms with Crippen molar-refractivity contribution in [1.82, 2.24) is 4.90 Å². The van der Waals surface area contributed by atoms with Crippen molar-refractivity contribution in [2.75, 3.05) is 25.9 Å². The molecule has 0 saturated carbocycles. The monoisotopic (exact) mass is 209 g/mol. The van der Waals surface area contributed by atoms with Gasteiger partial charge >= 0.3 is 0 Å². The standard InChI is InChI=1S/C12H19NS/c1-11-4-3-5-12(10-11)6-7-13(2)8-9-14/h3-5,10,14H,6-9H2,1-2H3. The van der Waals surface area contributed by atoms with Crippen LogP contribution >= 0.6 is 12.6 Å². The molecule has 0 atom stereocenters. The van der Waals surface area contributed by atoms with E-state index < -0.39 is 0 Å². The van der Waals surface area contributed by atoms with E-state index in [-0.39, 0.29) is 0 Å². The minimum absolute atomic E-state index is 0.935. The maximum Gasteiger partial charge on any atom is 0.00669 e.